The molecule has 2 atom stereocenters. The molecule has 4 nitrogen and oxygen atoms in total. The highest BCUT2D eigenvalue weighted by atomic mass is 31.1. The Bertz CT molecular complexity index is 2750. The molecule has 2 unspecified atom stereocenters. The van der Waals surface area contributed by atoms with E-state index in [9.17, 15) is 0 Å². The van der Waals surface area contributed by atoms with Crippen molar-refractivity contribution in [1.29, 1.82) is 0 Å². The van der Waals surface area contributed by atoms with E-state index in [0.29, 0.717) is 0 Å². The van der Waals surface area contributed by atoms with E-state index in [0.717, 1.165) is 77.6 Å². The van der Waals surface area contributed by atoms with Crippen molar-refractivity contribution < 1.29 is 18.1 Å². The van der Waals surface area contributed by atoms with Gasteiger partial charge in [0.1, 0.15) is 23.0 Å². The Balaban J connectivity index is 1.38. The molecular weight excluding hydrogens is 799 g/mol. The van der Waals surface area contributed by atoms with E-state index in [1.54, 1.807) is 0 Å². The van der Waals surface area contributed by atoms with Crippen LogP contribution in [0.15, 0.2) is 133 Å². The Morgan fingerprint density at radius 2 is 0.694 bits per heavy atom. The smallest absolute Gasteiger partial charge is 0.275 e. The van der Waals surface area contributed by atoms with Crippen LogP contribution in [0.2, 0.25) is 0 Å². The molecule has 0 spiro atoms. The lowest BCUT2D eigenvalue weighted by molar-refractivity contribution is 0.489. The SMILES string of the molecule is CC(C)(C)c1ccc2c(-c3c(OPOc4ccc5ccccc5c4)c(C(C)(C)C)cc4cc(C(C)(C)C)ccc34)c(OPOc3ccc4ccccc4c3)c(C(C)(C)C)cc2c1. The summed E-state index contributed by atoms with van der Waals surface area (Å²) in [6.07, 6.45) is 0. The molecule has 0 aromatic heterocycles. The van der Waals surface area contributed by atoms with Crippen molar-refractivity contribution in [2.24, 2.45) is 0 Å². The molecule has 0 aliphatic heterocycles. The molecule has 0 saturated heterocycles. The van der Waals surface area contributed by atoms with Gasteiger partial charge in [0.25, 0.3) is 18.1 Å². The third-order valence-electron chi connectivity index (χ3n) is 11.8. The van der Waals surface area contributed by atoms with Gasteiger partial charge in [-0.15, -0.1) is 0 Å². The van der Waals surface area contributed by atoms with Gasteiger partial charge in [0.2, 0.25) is 0 Å². The molecular formula is C56H60O4P2. The van der Waals surface area contributed by atoms with Crippen LogP contribution < -0.4 is 18.1 Å². The van der Waals surface area contributed by atoms with E-state index in [4.69, 9.17) is 18.1 Å². The molecule has 6 heteroatoms. The van der Waals surface area contributed by atoms with Crippen molar-refractivity contribution in [2.75, 3.05) is 0 Å². The van der Waals surface area contributed by atoms with E-state index < -0.39 is 0 Å². The van der Waals surface area contributed by atoms with Crippen LogP contribution in [0.1, 0.15) is 105 Å². The third-order valence-corrected chi connectivity index (χ3v) is 13.0. The maximum absolute atomic E-state index is 7.11. The molecule has 0 fully saturated rings. The summed E-state index contributed by atoms with van der Waals surface area (Å²) >= 11 is 0. The lowest BCUT2D eigenvalue weighted by Gasteiger charge is -2.30. The molecule has 0 heterocycles. The van der Waals surface area contributed by atoms with Gasteiger partial charge in [0.05, 0.1) is 0 Å². The van der Waals surface area contributed by atoms with Gasteiger partial charge in [-0.05, 0) is 112 Å². The predicted molar refractivity (Wildman–Crippen MR) is 269 cm³/mol. The molecule has 8 aromatic rings. The van der Waals surface area contributed by atoms with E-state index in [1.807, 2.05) is 12.1 Å². The fraction of sp³-hybridized carbons (Fsp3) is 0.286. The fourth-order valence-electron chi connectivity index (χ4n) is 8.21. The van der Waals surface area contributed by atoms with Crippen molar-refractivity contribution in [2.45, 2.75) is 105 Å². The lowest BCUT2D eigenvalue weighted by atomic mass is 9.77. The zero-order chi connectivity index (χ0) is 44.2. The summed E-state index contributed by atoms with van der Waals surface area (Å²) in [4.78, 5) is 0. The topological polar surface area (TPSA) is 36.9 Å². The Kier molecular flexibility index (Phi) is 11.6. The Labute approximate surface area is 372 Å². The van der Waals surface area contributed by atoms with E-state index in [-0.39, 0.29) is 39.7 Å². The molecule has 0 bridgehead atoms. The van der Waals surface area contributed by atoms with Crippen LogP contribution in [0.5, 0.6) is 23.0 Å². The van der Waals surface area contributed by atoms with Gasteiger partial charge in [-0.2, -0.15) is 0 Å². The number of fused-ring (bicyclic) bond motifs is 4. The van der Waals surface area contributed by atoms with Gasteiger partial charge < -0.3 is 18.1 Å². The van der Waals surface area contributed by atoms with Crippen LogP contribution in [-0.4, -0.2) is 0 Å². The minimum Gasteiger partial charge on any atom is -0.441 e. The number of rotatable bonds is 9. The average Bonchev–Trinajstić information content (AvgIpc) is 3.21. The minimum absolute atomic E-state index is 0.0435. The molecule has 0 amide bonds. The maximum atomic E-state index is 7.11. The first kappa shape index (κ1) is 43.5. The monoisotopic (exact) mass is 858 g/mol. The van der Waals surface area contributed by atoms with Crippen molar-refractivity contribution in [3.63, 3.8) is 0 Å². The molecule has 318 valence electrons. The molecule has 0 saturated carbocycles. The fourth-order valence-corrected chi connectivity index (χ4v) is 9.33. The first-order valence-electron chi connectivity index (χ1n) is 21.6. The minimum atomic E-state index is -0.305. The van der Waals surface area contributed by atoms with Crippen molar-refractivity contribution in [1.82, 2.24) is 0 Å². The lowest BCUT2D eigenvalue weighted by Crippen LogP contribution is -2.16. The second kappa shape index (κ2) is 16.5. The maximum Gasteiger partial charge on any atom is 0.275 e. The number of hydrogen-bond acceptors (Lipinski definition) is 4. The largest absolute Gasteiger partial charge is 0.441 e. The second-order valence-electron chi connectivity index (χ2n) is 20.7. The summed E-state index contributed by atoms with van der Waals surface area (Å²) < 4.78 is 27.2. The highest BCUT2D eigenvalue weighted by molar-refractivity contribution is 7.27. The molecule has 62 heavy (non-hydrogen) atoms. The van der Waals surface area contributed by atoms with Gasteiger partial charge in [0.15, 0.2) is 0 Å². The predicted octanol–water partition coefficient (Wildman–Crippen LogP) is 17.1. The highest BCUT2D eigenvalue weighted by Crippen LogP contribution is 2.55. The molecule has 0 aliphatic carbocycles. The van der Waals surface area contributed by atoms with Gasteiger partial charge in [-0.25, -0.2) is 0 Å². The summed E-state index contributed by atoms with van der Waals surface area (Å²) in [5, 5.41) is 9.08. The van der Waals surface area contributed by atoms with E-state index >= 15 is 0 Å². The van der Waals surface area contributed by atoms with Crippen LogP contribution in [0.4, 0.5) is 0 Å². The zero-order valence-corrected chi connectivity index (χ0v) is 40.3. The Hall–Kier alpha value is -5.14. The number of benzene rings is 8. The van der Waals surface area contributed by atoms with Crippen LogP contribution in [0.25, 0.3) is 54.2 Å². The number of hydrogen-bond donors (Lipinski definition) is 0. The van der Waals surface area contributed by atoms with Crippen LogP contribution in [-0.2, 0) is 21.7 Å². The van der Waals surface area contributed by atoms with Crippen molar-refractivity contribution >= 4 is 61.2 Å². The van der Waals surface area contributed by atoms with Crippen molar-refractivity contribution in [3.8, 4) is 34.1 Å². The zero-order valence-electron chi connectivity index (χ0n) is 38.3. The quantitative estimate of drug-likeness (QED) is 0.136. The Morgan fingerprint density at radius 3 is 1.05 bits per heavy atom. The highest BCUT2D eigenvalue weighted by Gasteiger charge is 2.32. The van der Waals surface area contributed by atoms with E-state index in [1.165, 1.54) is 21.9 Å². The molecule has 8 rings (SSSR count). The summed E-state index contributed by atoms with van der Waals surface area (Å²) in [7, 11) is -0.610. The molecule has 8 aromatic carbocycles. The summed E-state index contributed by atoms with van der Waals surface area (Å²) in [5.74, 6) is 3.12. The normalized spacial score (nSPS) is 13.0. The van der Waals surface area contributed by atoms with Crippen LogP contribution >= 0.6 is 18.1 Å². The van der Waals surface area contributed by atoms with Gasteiger partial charge in [0, 0.05) is 22.3 Å². The summed E-state index contributed by atoms with van der Waals surface area (Å²) in [6, 6.07) is 47.6. The summed E-state index contributed by atoms with van der Waals surface area (Å²) in [5.41, 5.74) is 6.07. The first-order valence-corrected chi connectivity index (χ1v) is 23.3. The van der Waals surface area contributed by atoms with Gasteiger partial charge in [-0.1, -0.05) is 180 Å². The van der Waals surface area contributed by atoms with Crippen LogP contribution in [0, 0.1) is 0 Å². The van der Waals surface area contributed by atoms with Crippen molar-refractivity contribution in [3.05, 3.63) is 156 Å². The average molecular weight is 859 g/mol. The Morgan fingerprint density at radius 1 is 0.323 bits per heavy atom. The van der Waals surface area contributed by atoms with E-state index in [2.05, 4.69) is 204 Å². The standard InChI is InChI=1S/C56H60O4P2/c1-53(2,3)41-23-27-45-39(29-41)33-47(55(7,8)9)51(59-61-57-43-25-21-35-17-13-15-19-37(35)31-43)49(45)50-46-28-24-42(54(4,5)6)30-40(46)34-48(56(10,11)12)52(50)60-62-58-44-26-22-36-18-14-16-20-38(36)32-44/h13-34,61-62H,1-12H3. The molecule has 0 aliphatic rings. The van der Waals surface area contributed by atoms with Gasteiger partial charge in [-0.3, -0.25) is 0 Å². The second-order valence-corrected chi connectivity index (χ2v) is 21.9. The molecule has 0 radical (unpaired) electrons. The summed E-state index contributed by atoms with van der Waals surface area (Å²) in [6.45, 7) is 27.2. The molecule has 0 N–H and O–H groups in total. The first-order chi connectivity index (χ1) is 29.3. The van der Waals surface area contributed by atoms with Gasteiger partial charge >= 0.3 is 0 Å². The third kappa shape index (κ3) is 9.02. The van der Waals surface area contributed by atoms with Crippen LogP contribution in [0.3, 0.4) is 0 Å².